The van der Waals surface area contributed by atoms with Gasteiger partial charge in [-0.2, -0.15) is 0 Å². The van der Waals surface area contributed by atoms with Gasteiger partial charge >= 0.3 is 5.97 Å². The van der Waals surface area contributed by atoms with Crippen LogP contribution in [-0.2, 0) is 4.74 Å². The van der Waals surface area contributed by atoms with E-state index in [0.717, 1.165) is 17.7 Å². The first-order chi connectivity index (χ1) is 12.8. The summed E-state index contributed by atoms with van der Waals surface area (Å²) < 4.78 is 10.8. The van der Waals surface area contributed by atoms with Gasteiger partial charge in [0.2, 0.25) is 0 Å². The molecule has 1 aliphatic rings. The molecule has 0 fully saturated rings. The molecule has 1 atom stereocenters. The van der Waals surface area contributed by atoms with Crippen LogP contribution >= 0.6 is 23.8 Å². The number of carbonyl (C=O) groups is 1. The van der Waals surface area contributed by atoms with Crippen molar-refractivity contribution in [3.05, 3.63) is 58.6 Å². The van der Waals surface area contributed by atoms with Crippen molar-refractivity contribution >= 4 is 40.6 Å². The van der Waals surface area contributed by atoms with E-state index in [9.17, 15) is 4.79 Å². The molecule has 27 heavy (non-hydrogen) atoms. The van der Waals surface area contributed by atoms with Gasteiger partial charge in [0.05, 0.1) is 23.7 Å². The standard InChI is InChI=1S/C20H21ClN2O3S/c1-20(2)11-16(13-6-4-5-7-17(13)26-20)23-19(27)22-12-8-9-15(21)14(10-12)18(24)25-3/h4-10,16H,11H2,1-3H3,(H2,22,23,27)/t16-/m0/s1. The van der Waals surface area contributed by atoms with E-state index in [1.54, 1.807) is 18.2 Å². The van der Waals surface area contributed by atoms with Crippen molar-refractivity contribution in [1.82, 2.24) is 5.32 Å². The number of ether oxygens (including phenoxy) is 2. The van der Waals surface area contributed by atoms with Crippen molar-refractivity contribution in [2.45, 2.75) is 31.9 Å². The van der Waals surface area contributed by atoms with Crippen LogP contribution in [0.4, 0.5) is 5.69 Å². The Labute approximate surface area is 169 Å². The molecule has 0 unspecified atom stereocenters. The third kappa shape index (κ3) is 4.51. The highest BCUT2D eigenvalue weighted by Crippen LogP contribution is 2.39. The number of hydrogen-bond acceptors (Lipinski definition) is 4. The Balaban J connectivity index is 1.76. The summed E-state index contributed by atoms with van der Waals surface area (Å²) in [4.78, 5) is 11.8. The molecule has 5 nitrogen and oxygen atoms in total. The molecule has 2 aromatic rings. The molecule has 7 heteroatoms. The molecule has 2 aromatic carbocycles. The normalized spacial score (nSPS) is 17.3. The van der Waals surface area contributed by atoms with Crippen molar-refractivity contribution in [1.29, 1.82) is 0 Å². The third-order valence-electron chi connectivity index (χ3n) is 4.31. The van der Waals surface area contributed by atoms with Gasteiger partial charge in [-0.1, -0.05) is 29.8 Å². The van der Waals surface area contributed by atoms with Gasteiger partial charge in [-0.3, -0.25) is 0 Å². The van der Waals surface area contributed by atoms with Crippen LogP contribution in [-0.4, -0.2) is 23.8 Å². The van der Waals surface area contributed by atoms with Crippen molar-refractivity contribution < 1.29 is 14.3 Å². The molecular formula is C20H21ClN2O3S. The van der Waals surface area contributed by atoms with Crippen LogP contribution < -0.4 is 15.4 Å². The number of para-hydroxylation sites is 1. The summed E-state index contributed by atoms with van der Waals surface area (Å²) in [5.41, 5.74) is 1.69. The SMILES string of the molecule is COC(=O)c1cc(NC(=S)N[C@H]2CC(C)(C)Oc3ccccc32)ccc1Cl. The lowest BCUT2D eigenvalue weighted by atomic mass is 9.90. The van der Waals surface area contributed by atoms with Crippen LogP contribution in [0.3, 0.4) is 0 Å². The number of thiocarbonyl (C=S) groups is 1. The fourth-order valence-corrected chi connectivity index (χ4v) is 3.58. The maximum Gasteiger partial charge on any atom is 0.339 e. The topological polar surface area (TPSA) is 59.6 Å². The number of hydrogen-bond donors (Lipinski definition) is 2. The van der Waals surface area contributed by atoms with E-state index in [2.05, 4.69) is 24.5 Å². The van der Waals surface area contributed by atoms with E-state index >= 15 is 0 Å². The Morgan fingerprint density at radius 3 is 2.78 bits per heavy atom. The minimum atomic E-state index is -0.498. The fourth-order valence-electron chi connectivity index (χ4n) is 3.13. The Morgan fingerprint density at radius 2 is 2.04 bits per heavy atom. The maximum absolute atomic E-state index is 11.8. The predicted molar refractivity (Wildman–Crippen MR) is 111 cm³/mol. The van der Waals surface area contributed by atoms with Crippen LogP contribution in [0.1, 0.15) is 42.2 Å². The minimum absolute atomic E-state index is 0.0114. The number of anilines is 1. The summed E-state index contributed by atoms with van der Waals surface area (Å²) in [5.74, 6) is 0.358. The highest BCUT2D eigenvalue weighted by Gasteiger charge is 2.33. The lowest BCUT2D eigenvalue weighted by molar-refractivity contribution is 0.0600. The number of rotatable bonds is 3. The number of esters is 1. The Hall–Kier alpha value is -2.31. The second-order valence-corrected chi connectivity index (χ2v) is 7.76. The van der Waals surface area contributed by atoms with Crippen LogP contribution in [0, 0.1) is 0 Å². The molecule has 0 aromatic heterocycles. The Bertz CT molecular complexity index is 885. The van der Waals surface area contributed by atoms with E-state index in [4.69, 9.17) is 33.3 Å². The van der Waals surface area contributed by atoms with Crippen molar-refractivity contribution in [3.63, 3.8) is 0 Å². The molecule has 1 heterocycles. The highest BCUT2D eigenvalue weighted by atomic mass is 35.5. The fraction of sp³-hybridized carbons (Fsp3) is 0.300. The number of halogens is 1. The maximum atomic E-state index is 11.8. The minimum Gasteiger partial charge on any atom is -0.487 e. The van der Waals surface area contributed by atoms with E-state index in [1.165, 1.54) is 7.11 Å². The number of nitrogens with one attached hydrogen (secondary N) is 2. The molecule has 0 saturated heterocycles. The molecule has 0 spiro atoms. The van der Waals surface area contributed by atoms with E-state index < -0.39 is 5.97 Å². The molecule has 0 amide bonds. The van der Waals surface area contributed by atoms with Gasteiger partial charge in [0.15, 0.2) is 5.11 Å². The Morgan fingerprint density at radius 1 is 1.30 bits per heavy atom. The van der Waals surface area contributed by atoms with E-state index in [1.807, 2.05) is 24.3 Å². The molecule has 2 N–H and O–H groups in total. The summed E-state index contributed by atoms with van der Waals surface area (Å²) in [6.07, 6.45) is 0.764. The number of benzene rings is 2. The zero-order valence-electron chi connectivity index (χ0n) is 15.3. The van der Waals surface area contributed by atoms with Gasteiger partial charge in [0, 0.05) is 17.7 Å². The van der Waals surface area contributed by atoms with E-state index in [0.29, 0.717) is 15.8 Å². The number of methoxy groups -OCH3 is 1. The first-order valence-corrected chi connectivity index (χ1v) is 9.31. The van der Waals surface area contributed by atoms with Crippen molar-refractivity contribution in [3.8, 4) is 5.75 Å². The van der Waals surface area contributed by atoms with Crippen LogP contribution in [0.25, 0.3) is 0 Å². The molecule has 0 aliphatic carbocycles. The van der Waals surface area contributed by atoms with Crippen molar-refractivity contribution in [2.75, 3.05) is 12.4 Å². The summed E-state index contributed by atoms with van der Waals surface area (Å²) in [6, 6.07) is 12.9. The predicted octanol–water partition coefficient (Wildman–Crippen LogP) is 4.72. The smallest absolute Gasteiger partial charge is 0.339 e. The van der Waals surface area contributed by atoms with Gasteiger partial charge in [-0.15, -0.1) is 0 Å². The molecule has 0 radical (unpaired) electrons. The molecular weight excluding hydrogens is 384 g/mol. The first-order valence-electron chi connectivity index (χ1n) is 8.52. The third-order valence-corrected chi connectivity index (χ3v) is 4.86. The monoisotopic (exact) mass is 404 g/mol. The molecule has 142 valence electrons. The average Bonchev–Trinajstić information content (AvgIpc) is 2.61. The summed E-state index contributed by atoms with van der Waals surface area (Å²) in [7, 11) is 1.31. The highest BCUT2D eigenvalue weighted by molar-refractivity contribution is 7.80. The van der Waals surface area contributed by atoms with Crippen LogP contribution in [0.15, 0.2) is 42.5 Å². The second-order valence-electron chi connectivity index (χ2n) is 6.94. The number of fused-ring (bicyclic) bond motifs is 1. The van der Waals surface area contributed by atoms with Crippen LogP contribution in [0.2, 0.25) is 5.02 Å². The Kier molecular flexibility index (Phi) is 5.58. The first kappa shape index (κ1) is 19.5. The van der Waals surface area contributed by atoms with Gasteiger partial charge in [-0.25, -0.2) is 4.79 Å². The molecule has 0 bridgehead atoms. The van der Waals surface area contributed by atoms with E-state index in [-0.39, 0.29) is 17.2 Å². The van der Waals surface area contributed by atoms with Crippen molar-refractivity contribution in [2.24, 2.45) is 0 Å². The molecule has 0 saturated carbocycles. The van der Waals surface area contributed by atoms with Crippen LogP contribution in [0.5, 0.6) is 5.75 Å². The largest absolute Gasteiger partial charge is 0.487 e. The lowest BCUT2D eigenvalue weighted by Crippen LogP contribution is -2.42. The quantitative estimate of drug-likeness (QED) is 0.570. The van der Waals surface area contributed by atoms with Gasteiger partial charge < -0.3 is 20.1 Å². The van der Waals surface area contributed by atoms with Gasteiger partial charge in [0.25, 0.3) is 0 Å². The second kappa shape index (κ2) is 7.74. The zero-order chi connectivity index (χ0) is 19.6. The summed E-state index contributed by atoms with van der Waals surface area (Å²) in [6.45, 7) is 4.10. The summed E-state index contributed by atoms with van der Waals surface area (Å²) in [5, 5.41) is 7.23. The number of carbonyl (C=O) groups excluding carboxylic acids is 1. The zero-order valence-corrected chi connectivity index (χ0v) is 16.9. The van der Waals surface area contributed by atoms with Gasteiger partial charge in [-0.05, 0) is 50.3 Å². The molecule has 1 aliphatic heterocycles. The average molecular weight is 405 g/mol. The van der Waals surface area contributed by atoms with Gasteiger partial charge in [0.1, 0.15) is 11.4 Å². The lowest BCUT2D eigenvalue weighted by Gasteiger charge is -2.38. The molecule has 3 rings (SSSR count). The summed E-state index contributed by atoms with van der Waals surface area (Å²) >= 11 is 11.5.